The van der Waals surface area contributed by atoms with Crippen LogP contribution in [0.3, 0.4) is 0 Å². The predicted octanol–water partition coefficient (Wildman–Crippen LogP) is 2.56. The fourth-order valence-electron chi connectivity index (χ4n) is 3.10. The Kier molecular flexibility index (Phi) is 4.26. The SMILES string of the molecule is CCCC1(C(=O)O)CCCN(c2nc(C)cnc2C)C1. The van der Waals surface area contributed by atoms with Crippen LogP contribution in [0, 0.1) is 19.3 Å². The molecule has 2 rings (SSSR count). The third-order valence-corrected chi connectivity index (χ3v) is 4.11. The Morgan fingerprint density at radius 3 is 2.90 bits per heavy atom. The molecule has 1 atom stereocenters. The number of hydrogen-bond donors (Lipinski definition) is 1. The molecule has 0 aromatic carbocycles. The zero-order chi connectivity index (χ0) is 14.8. The van der Waals surface area contributed by atoms with Crippen LogP contribution in [0.25, 0.3) is 0 Å². The number of piperidine rings is 1. The van der Waals surface area contributed by atoms with Crippen molar-refractivity contribution in [1.29, 1.82) is 0 Å². The van der Waals surface area contributed by atoms with E-state index in [1.807, 2.05) is 20.8 Å². The van der Waals surface area contributed by atoms with E-state index in [2.05, 4.69) is 14.9 Å². The molecule has 1 unspecified atom stereocenters. The highest BCUT2D eigenvalue weighted by molar-refractivity contribution is 5.76. The van der Waals surface area contributed by atoms with Crippen LogP contribution in [-0.4, -0.2) is 34.1 Å². The van der Waals surface area contributed by atoms with E-state index < -0.39 is 11.4 Å². The van der Waals surface area contributed by atoms with E-state index in [9.17, 15) is 9.90 Å². The van der Waals surface area contributed by atoms with E-state index in [1.165, 1.54) is 0 Å². The maximum atomic E-state index is 11.7. The number of carboxylic acids is 1. The summed E-state index contributed by atoms with van der Waals surface area (Å²) >= 11 is 0. The summed E-state index contributed by atoms with van der Waals surface area (Å²) in [5.41, 5.74) is 1.10. The average Bonchev–Trinajstić information content (AvgIpc) is 2.42. The van der Waals surface area contributed by atoms with Gasteiger partial charge >= 0.3 is 5.97 Å². The second-order valence-electron chi connectivity index (χ2n) is 5.78. The second-order valence-corrected chi connectivity index (χ2v) is 5.78. The van der Waals surface area contributed by atoms with Crippen molar-refractivity contribution in [2.24, 2.45) is 5.41 Å². The monoisotopic (exact) mass is 277 g/mol. The van der Waals surface area contributed by atoms with Crippen molar-refractivity contribution in [1.82, 2.24) is 9.97 Å². The van der Waals surface area contributed by atoms with E-state index in [0.717, 1.165) is 49.4 Å². The number of carboxylic acid groups (broad SMARTS) is 1. The lowest BCUT2D eigenvalue weighted by atomic mass is 9.76. The van der Waals surface area contributed by atoms with Gasteiger partial charge in [0.2, 0.25) is 0 Å². The van der Waals surface area contributed by atoms with Crippen molar-refractivity contribution in [2.75, 3.05) is 18.0 Å². The summed E-state index contributed by atoms with van der Waals surface area (Å²) in [6, 6.07) is 0. The number of nitrogens with zero attached hydrogens (tertiary/aromatic N) is 3. The van der Waals surface area contributed by atoms with Crippen LogP contribution >= 0.6 is 0 Å². The Bertz CT molecular complexity index is 500. The maximum absolute atomic E-state index is 11.7. The molecule has 0 aliphatic carbocycles. The first kappa shape index (κ1) is 14.8. The molecule has 110 valence electrons. The fourth-order valence-corrected chi connectivity index (χ4v) is 3.10. The normalized spacial score (nSPS) is 22.9. The molecule has 1 aliphatic rings. The van der Waals surface area contributed by atoms with Crippen LogP contribution in [-0.2, 0) is 4.79 Å². The maximum Gasteiger partial charge on any atom is 0.311 e. The smallest absolute Gasteiger partial charge is 0.311 e. The molecular formula is C15H23N3O2. The first-order chi connectivity index (χ1) is 9.48. The van der Waals surface area contributed by atoms with Crippen LogP contribution in [0.2, 0.25) is 0 Å². The van der Waals surface area contributed by atoms with E-state index in [-0.39, 0.29) is 0 Å². The van der Waals surface area contributed by atoms with Crippen molar-refractivity contribution in [3.8, 4) is 0 Å². The van der Waals surface area contributed by atoms with Gasteiger partial charge < -0.3 is 10.0 Å². The Labute approximate surface area is 120 Å². The van der Waals surface area contributed by atoms with E-state index in [4.69, 9.17) is 0 Å². The summed E-state index contributed by atoms with van der Waals surface area (Å²) in [4.78, 5) is 22.7. The van der Waals surface area contributed by atoms with Gasteiger partial charge in [0.25, 0.3) is 0 Å². The minimum Gasteiger partial charge on any atom is -0.481 e. The minimum atomic E-state index is -0.678. The van der Waals surface area contributed by atoms with E-state index in [1.54, 1.807) is 6.20 Å². The summed E-state index contributed by atoms with van der Waals surface area (Å²) in [7, 11) is 0. The standard InChI is InChI=1S/C15H23N3O2/c1-4-6-15(14(19)20)7-5-8-18(10-15)13-12(3)16-9-11(2)17-13/h9H,4-8,10H2,1-3H3,(H,19,20). The van der Waals surface area contributed by atoms with Crippen molar-refractivity contribution < 1.29 is 9.90 Å². The van der Waals surface area contributed by atoms with Gasteiger partial charge in [-0.3, -0.25) is 9.78 Å². The number of aryl methyl sites for hydroxylation is 2. The zero-order valence-electron chi connectivity index (χ0n) is 12.5. The van der Waals surface area contributed by atoms with Gasteiger partial charge in [-0.05, 0) is 33.1 Å². The largest absolute Gasteiger partial charge is 0.481 e. The number of aromatic nitrogens is 2. The summed E-state index contributed by atoms with van der Waals surface area (Å²) < 4.78 is 0. The topological polar surface area (TPSA) is 66.3 Å². The molecule has 5 nitrogen and oxygen atoms in total. The number of anilines is 1. The van der Waals surface area contributed by atoms with Crippen molar-refractivity contribution >= 4 is 11.8 Å². The van der Waals surface area contributed by atoms with Gasteiger partial charge in [-0.25, -0.2) is 4.98 Å². The third-order valence-electron chi connectivity index (χ3n) is 4.11. The molecule has 2 heterocycles. The number of rotatable bonds is 4. The number of aliphatic carboxylic acids is 1. The summed E-state index contributed by atoms with van der Waals surface area (Å²) in [6.07, 6.45) is 5.00. The summed E-state index contributed by atoms with van der Waals surface area (Å²) in [5.74, 6) is 0.161. The van der Waals surface area contributed by atoms with Gasteiger partial charge in [-0.15, -0.1) is 0 Å². The van der Waals surface area contributed by atoms with Crippen LogP contribution < -0.4 is 4.90 Å². The van der Waals surface area contributed by atoms with Gasteiger partial charge in [-0.2, -0.15) is 0 Å². The molecular weight excluding hydrogens is 254 g/mol. The van der Waals surface area contributed by atoms with Crippen molar-refractivity contribution in [2.45, 2.75) is 46.5 Å². The summed E-state index contributed by atoms with van der Waals surface area (Å²) in [6.45, 7) is 7.28. The highest BCUT2D eigenvalue weighted by Crippen LogP contribution is 2.36. The molecule has 1 aromatic heterocycles. The van der Waals surface area contributed by atoms with Crippen molar-refractivity contribution in [3.05, 3.63) is 17.6 Å². The lowest BCUT2D eigenvalue weighted by Gasteiger charge is -2.40. The highest BCUT2D eigenvalue weighted by atomic mass is 16.4. The fraction of sp³-hybridized carbons (Fsp3) is 0.667. The van der Waals surface area contributed by atoms with Gasteiger partial charge in [0.15, 0.2) is 0 Å². The molecule has 0 spiro atoms. The van der Waals surface area contributed by atoms with Gasteiger partial charge in [-0.1, -0.05) is 13.3 Å². The molecule has 1 aromatic rings. The van der Waals surface area contributed by atoms with Gasteiger partial charge in [0.1, 0.15) is 5.82 Å². The lowest BCUT2D eigenvalue weighted by Crippen LogP contribution is -2.48. The first-order valence-corrected chi connectivity index (χ1v) is 7.27. The van der Waals surface area contributed by atoms with Gasteiger partial charge in [0.05, 0.1) is 16.8 Å². The molecule has 1 saturated heterocycles. The Hall–Kier alpha value is -1.65. The highest BCUT2D eigenvalue weighted by Gasteiger charge is 2.42. The molecule has 1 N–H and O–H groups in total. The zero-order valence-corrected chi connectivity index (χ0v) is 12.5. The number of hydrogen-bond acceptors (Lipinski definition) is 4. The lowest BCUT2D eigenvalue weighted by molar-refractivity contribution is -0.150. The van der Waals surface area contributed by atoms with E-state index >= 15 is 0 Å². The van der Waals surface area contributed by atoms with Gasteiger partial charge in [0, 0.05) is 19.3 Å². The Morgan fingerprint density at radius 1 is 1.50 bits per heavy atom. The molecule has 20 heavy (non-hydrogen) atoms. The van der Waals surface area contributed by atoms with Crippen LogP contribution in [0.4, 0.5) is 5.82 Å². The molecule has 1 fully saturated rings. The molecule has 0 amide bonds. The predicted molar refractivity (Wildman–Crippen MR) is 77.9 cm³/mol. The molecule has 0 bridgehead atoms. The number of carbonyl (C=O) groups is 1. The molecule has 5 heteroatoms. The average molecular weight is 277 g/mol. The Balaban J connectivity index is 2.29. The third kappa shape index (κ3) is 2.76. The summed E-state index contributed by atoms with van der Waals surface area (Å²) in [5, 5.41) is 9.65. The van der Waals surface area contributed by atoms with Crippen molar-refractivity contribution in [3.63, 3.8) is 0 Å². The van der Waals surface area contributed by atoms with E-state index in [0.29, 0.717) is 6.54 Å². The first-order valence-electron chi connectivity index (χ1n) is 7.27. The Morgan fingerprint density at radius 2 is 2.25 bits per heavy atom. The minimum absolute atomic E-state index is 0.537. The molecule has 0 radical (unpaired) electrons. The second kappa shape index (κ2) is 5.77. The van der Waals surface area contributed by atoms with Crippen LogP contribution in [0.15, 0.2) is 6.20 Å². The van der Waals surface area contributed by atoms with Crippen LogP contribution in [0.5, 0.6) is 0 Å². The van der Waals surface area contributed by atoms with Crippen LogP contribution in [0.1, 0.15) is 44.0 Å². The molecule has 1 aliphatic heterocycles. The molecule has 0 saturated carbocycles. The quantitative estimate of drug-likeness (QED) is 0.916.